The molecule has 28 heavy (non-hydrogen) atoms. The van der Waals surface area contributed by atoms with Crippen LogP contribution in [-0.2, 0) is 22.3 Å². The molecule has 0 aliphatic carbocycles. The van der Waals surface area contributed by atoms with Crippen molar-refractivity contribution in [2.75, 3.05) is 37.8 Å². The summed E-state index contributed by atoms with van der Waals surface area (Å²) in [6.45, 7) is 2.99. The van der Waals surface area contributed by atoms with Crippen LogP contribution in [0.15, 0.2) is 48.5 Å². The Morgan fingerprint density at radius 2 is 1.75 bits per heavy atom. The summed E-state index contributed by atoms with van der Waals surface area (Å²) < 4.78 is 48.3. The van der Waals surface area contributed by atoms with Crippen molar-refractivity contribution in [1.29, 1.82) is 0 Å². The molecule has 0 saturated carbocycles. The van der Waals surface area contributed by atoms with Crippen LogP contribution in [0.2, 0.25) is 0 Å². The molecule has 5 nitrogen and oxygen atoms in total. The number of halogens is 3. The normalized spacial score (nSPS) is 14.6. The molecular weight excluding hydrogens is 373 g/mol. The van der Waals surface area contributed by atoms with Gasteiger partial charge < -0.3 is 19.7 Å². The Labute approximate surface area is 161 Å². The molecule has 1 heterocycles. The average Bonchev–Trinajstić information content (AvgIpc) is 2.71. The Hall–Kier alpha value is -2.74. The van der Waals surface area contributed by atoms with Crippen LogP contribution in [0.4, 0.5) is 18.9 Å². The molecule has 1 aliphatic rings. The molecular formula is C20H21F3N2O3. The number of anilines is 1. The number of rotatable bonds is 6. The van der Waals surface area contributed by atoms with Crippen LogP contribution in [0.1, 0.15) is 11.1 Å². The Bertz CT molecular complexity index is 788. The third kappa shape index (κ3) is 5.39. The minimum absolute atomic E-state index is 0.205. The molecule has 1 N–H and O–H groups in total. The number of benzene rings is 2. The van der Waals surface area contributed by atoms with Crippen LogP contribution < -0.4 is 15.0 Å². The van der Waals surface area contributed by atoms with Gasteiger partial charge in [-0.3, -0.25) is 4.79 Å². The first-order valence-corrected chi connectivity index (χ1v) is 8.91. The second kappa shape index (κ2) is 8.97. The van der Waals surface area contributed by atoms with Crippen molar-refractivity contribution in [3.63, 3.8) is 0 Å². The Morgan fingerprint density at radius 3 is 2.43 bits per heavy atom. The van der Waals surface area contributed by atoms with E-state index >= 15 is 0 Å². The summed E-state index contributed by atoms with van der Waals surface area (Å²) in [6, 6.07) is 12.0. The molecule has 8 heteroatoms. The van der Waals surface area contributed by atoms with E-state index < -0.39 is 11.7 Å². The lowest BCUT2D eigenvalue weighted by Gasteiger charge is -2.30. The van der Waals surface area contributed by atoms with Gasteiger partial charge in [0.25, 0.3) is 5.91 Å². The van der Waals surface area contributed by atoms with E-state index in [-0.39, 0.29) is 18.3 Å². The number of para-hydroxylation sites is 1. The standard InChI is InChI=1S/C20H21F3N2O3/c21-20(22,23)16-5-7-17(8-6-16)28-14-19(26)24-13-15-3-1-2-4-18(15)25-9-11-27-12-10-25/h1-8H,9-14H2,(H,24,26). The van der Waals surface area contributed by atoms with Crippen LogP contribution >= 0.6 is 0 Å². The summed E-state index contributed by atoms with van der Waals surface area (Å²) in [4.78, 5) is 14.3. The quantitative estimate of drug-likeness (QED) is 0.817. The summed E-state index contributed by atoms with van der Waals surface area (Å²) in [5.41, 5.74) is 1.27. The maximum absolute atomic E-state index is 12.5. The van der Waals surface area contributed by atoms with E-state index in [1.807, 2.05) is 24.3 Å². The summed E-state index contributed by atoms with van der Waals surface area (Å²) in [6.07, 6.45) is -4.40. The molecule has 0 aromatic heterocycles. The van der Waals surface area contributed by atoms with Gasteiger partial charge in [-0.25, -0.2) is 0 Å². The number of hydrogen-bond donors (Lipinski definition) is 1. The molecule has 0 radical (unpaired) electrons. The van der Waals surface area contributed by atoms with Crippen molar-refractivity contribution in [2.24, 2.45) is 0 Å². The van der Waals surface area contributed by atoms with Crippen molar-refractivity contribution in [3.05, 3.63) is 59.7 Å². The maximum Gasteiger partial charge on any atom is 0.416 e. The first-order valence-electron chi connectivity index (χ1n) is 8.91. The lowest BCUT2D eigenvalue weighted by Crippen LogP contribution is -2.37. The van der Waals surface area contributed by atoms with Crippen LogP contribution in [0, 0.1) is 0 Å². The number of hydrogen-bond acceptors (Lipinski definition) is 4. The average molecular weight is 394 g/mol. The topological polar surface area (TPSA) is 50.8 Å². The van der Waals surface area contributed by atoms with Gasteiger partial charge in [0.2, 0.25) is 0 Å². The van der Waals surface area contributed by atoms with E-state index in [1.165, 1.54) is 12.1 Å². The fraction of sp³-hybridized carbons (Fsp3) is 0.350. The fourth-order valence-corrected chi connectivity index (χ4v) is 2.91. The fourth-order valence-electron chi connectivity index (χ4n) is 2.91. The van der Waals surface area contributed by atoms with E-state index in [2.05, 4.69) is 10.2 Å². The lowest BCUT2D eigenvalue weighted by molar-refractivity contribution is -0.137. The van der Waals surface area contributed by atoms with E-state index in [1.54, 1.807) is 0 Å². The lowest BCUT2D eigenvalue weighted by atomic mass is 10.1. The predicted molar refractivity (Wildman–Crippen MR) is 98.3 cm³/mol. The number of ether oxygens (including phenoxy) is 2. The second-order valence-corrected chi connectivity index (χ2v) is 6.32. The van der Waals surface area contributed by atoms with Crippen molar-refractivity contribution in [1.82, 2.24) is 5.32 Å². The number of alkyl halides is 3. The van der Waals surface area contributed by atoms with Gasteiger partial charge in [-0.15, -0.1) is 0 Å². The number of carbonyl (C=O) groups excluding carboxylic acids is 1. The molecule has 2 aromatic carbocycles. The van der Waals surface area contributed by atoms with E-state index in [0.29, 0.717) is 19.8 Å². The molecule has 1 amide bonds. The summed E-state index contributed by atoms with van der Waals surface area (Å²) >= 11 is 0. The Morgan fingerprint density at radius 1 is 1.07 bits per heavy atom. The summed E-state index contributed by atoms with van der Waals surface area (Å²) in [7, 11) is 0. The summed E-state index contributed by atoms with van der Waals surface area (Å²) in [5, 5.41) is 2.78. The molecule has 1 aliphatic heterocycles. The van der Waals surface area contributed by atoms with Crippen LogP contribution in [0.5, 0.6) is 5.75 Å². The van der Waals surface area contributed by atoms with Gasteiger partial charge in [-0.2, -0.15) is 13.2 Å². The van der Waals surface area contributed by atoms with Gasteiger partial charge >= 0.3 is 6.18 Å². The highest BCUT2D eigenvalue weighted by Gasteiger charge is 2.30. The van der Waals surface area contributed by atoms with Crippen molar-refractivity contribution < 1.29 is 27.4 Å². The first-order chi connectivity index (χ1) is 13.4. The highest BCUT2D eigenvalue weighted by molar-refractivity contribution is 5.77. The van der Waals surface area contributed by atoms with E-state index in [9.17, 15) is 18.0 Å². The number of carbonyl (C=O) groups is 1. The molecule has 0 atom stereocenters. The molecule has 2 aromatic rings. The zero-order valence-electron chi connectivity index (χ0n) is 15.2. The predicted octanol–water partition coefficient (Wildman–Crippen LogP) is 3.24. The molecule has 0 unspecified atom stereocenters. The Kier molecular flexibility index (Phi) is 6.41. The van der Waals surface area contributed by atoms with Crippen molar-refractivity contribution in [3.8, 4) is 5.75 Å². The van der Waals surface area contributed by atoms with Gasteiger partial charge in [-0.05, 0) is 35.9 Å². The minimum atomic E-state index is -4.40. The third-order valence-electron chi connectivity index (χ3n) is 4.37. The van der Waals surface area contributed by atoms with Gasteiger partial charge in [0, 0.05) is 25.3 Å². The molecule has 0 spiro atoms. The smallest absolute Gasteiger partial charge is 0.416 e. The number of morpholine rings is 1. The van der Waals surface area contributed by atoms with Gasteiger partial charge in [0.05, 0.1) is 18.8 Å². The monoisotopic (exact) mass is 394 g/mol. The zero-order valence-corrected chi connectivity index (χ0v) is 15.2. The van der Waals surface area contributed by atoms with E-state index in [4.69, 9.17) is 9.47 Å². The number of amides is 1. The van der Waals surface area contributed by atoms with Crippen LogP contribution in [0.3, 0.4) is 0 Å². The zero-order chi connectivity index (χ0) is 20.0. The Balaban J connectivity index is 1.51. The second-order valence-electron chi connectivity index (χ2n) is 6.32. The van der Waals surface area contributed by atoms with Gasteiger partial charge in [-0.1, -0.05) is 18.2 Å². The van der Waals surface area contributed by atoms with Crippen LogP contribution in [-0.4, -0.2) is 38.8 Å². The SMILES string of the molecule is O=C(COc1ccc(C(F)(F)F)cc1)NCc1ccccc1N1CCOCC1. The number of nitrogens with one attached hydrogen (secondary N) is 1. The molecule has 150 valence electrons. The molecule has 0 bridgehead atoms. The van der Waals surface area contributed by atoms with Crippen molar-refractivity contribution in [2.45, 2.75) is 12.7 Å². The molecule has 3 rings (SSSR count). The highest BCUT2D eigenvalue weighted by Crippen LogP contribution is 2.30. The van der Waals surface area contributed by atoms with Crippen LogP contribution in [0.25, 0.3) is 0 Å². The minimum Gasteiger partial charge on any atom is -0.484 e. The third-order valence-corrected chi connectivity index (χ3v) is 4.37. The molecule has 1 fully saturated rings. The summed E-state index contributed by atoms with van der Waals surface area (Å²) in [5.74, 6) is -0.145. The van der Waals surface area contributed by atoms with Crippen molar-refractivity contribution >= 4 is 11.6 Å². The van der Waals surface area contributed by atoms with E-state index in [0.717, 1.165) is 36.5 Å². The highest BCUT2D eigenvalue weighted by atomic mass is 19.4. The largest absolute Gasteiger partial charge is 0.484 e. The maximum atomic E-state index is 12.5. The number of nitrogens with zero attached hydrogens (tertiary/aromatic N) is 1. The van der Waals surface area contributed by atoms with Gasteiger partial charge in [0.1, 0.15) is 5.75 Å². The van der Waals surface area contributed by atoms with Gasteiger partial charge in [0.15, 0.2) is 6.61 Å². The first kappa shape index (κ1) is 20.0. The molecule has 1 saturated heterocycles.